The smallest absolute Gasteiger partial charge is 0.333 e. The van der Waals surface area contributed by atoms with E-state index in [9.17, 15) is 9.59 Å². The molecule has 2 heterocycles. The van der Waals surface area contributed by atoms with Gasteiger partial charge < -0.3 is 14.5 Å². The van der Waals surface area contributed by atoms with E-state index in [4.69, 9.17) is 16.3 Å². The van der Waals surface area contributed by atoms with Gasteiger partial charge in [0, 0.05) is 60.0 Å². The summed E-state index contributed by atoms with van der Waals surface area (Å²) in [4.78, 5) is 31.1. The average molecular weight is 531 g/mol. The molecule has 1 atom stereocenters. The lowest BCUT2D eigenvalue weighted by atomic mass is 10.1. The fourth-order valence-corrected chi connectivity index (χ4v) is 5.11. The maximum absolute atomic E-state index is 13.3. The van der Waals surface area contributed by atoms with Crippen molar-refractivity contribution in [2.75, 3.05) is 43.1 Å². The molecular weight excluding hydrogens is 500 g/mol. The van der Waals surface area contributed by atoms with Crippen LogP contribution in [0.4, 0.5) is 11.4 Å². The van der Waals surface area contributed by atoms with Gasteiger partial charge in [-0.15, -0.1) is 0 Å². The number of ketones is 1. The summed E-state index contributed by atoms with van der Waals surface area (Å²) in [6, 6.07) is 22.3. The maximum atomic E-state index is 13.3. The van der Waals surface area contributed by atoms with Gasteiger partial charge in [0.2, 0.25) is 0 Å². The lowest BCUT2D eigenvalue weighted by Gasteiger charge is -2.37. The Kier molecular flexibility index (Phi) is 7.29. The van der Waals surface area contributed by atoms with Crippen LogP contribution in [0.3, 0.4) is 0 Å². The van der Waals surface area contributed by atoms with Gasteiger partial charge in [0.15, 0.2) is 5.78 Å². The van der Waals surface area contributed by atoms with Crippen LogP contribution in [0.15, 0.2) is 83.8 Å². The summed E-state index contributed by atoms with van der Waals surface area (Å²) >= 11 is 5.95. The van der Waals surface area contributed by atoms with Crippen molar-refractivity contribution >= 4 is 28.8 Å². The first kappa shape index (κ1) is 25.7. The highest BCUT2D eigenvalue weighted by Crippen LogP contribution is 2.24. The van der Waals surface area contributed by atoms with Crippen molar-refractivity contribution in [1.82, 2.24) is 9.13 Å². The molecule has 4 aromatic rings. The summed E-state index contributed by atoms with van der Waals surface area (Å²) in [6.07, 6.45) is 1.74. The monoisotopic (exact) mass is 530 g/mol. The van der Waals surface area contributed by atoms with Gasteiger partial charge in [-0.3, -0.25) is 13.9 Å². The molecule has 1 saturated heterocycles. The van der Waals surface area contributed by atoms with Gasteiger partial charge in [0.1, 0.15) is 5.75 Å². The number of ether oxygens (including phenoxy) is 1. The minimum absolute atomic E-state index is 0.134. The molecule has 1 aliphatic rings. The first-order valence-electron chi connectivity index (χ1n) is 12.7. The summed E-state index contributed by atoms with van der Waals surface area (Å²) < 4.78 is 8.41. The van der Waals surface area contributed by atoms with Crippen LogP contribution in [-0.4, -0.2) is 48.2 Å². The third kappa shape index (κ3) is 5.07. The molecule has 0 N–H and O–H groups in total. The van der Waals surface area contributed by atoms with E-state index >= 15 is 0 Å². The van der Waals surface area contributed by atoms with Gasteiger partial charge >= 0.3 is 5.69 Å². The van der Waals surface area contributed by atoms with Crippen LogP contribution in [0, 0.1) is 6.92 Å². The molecule has 8 heteroatoms. The minimum atomic E-state index is -0.634. The second kappa shape index (κ2) is 10.8. The van der Waals surface area contributed by atoms with Crippen molar-refractivity contribution < 1.29 is 9.53 Å². The molecule has 7 nitrogen and oxygen atoms in total. The van der Waals surface area contributed by atoms with Crippen LogP contribution in [0.1, 0.15) is 29.0 Å². The molecule has 3 aromatic carbocycles. The van der Waals surface area contributed by atoms with Crippen LogP contribution in [-0.2, 0) is 0 Å². The van der Waals surface area contributed by atoms with Crippen LogP contribution < -0.4 is 20.2 Å². The summed E-state index contributed by atoms with van der Waals surface area (Å²) in [7, 11) is 1.68. The maximum Gasteiger partial charge on any atom is 0.333 e. The highest BCUT2D eigenvalue weighted by molar-refractivity contribution is 6.30. The molecule has 196 valence electrons. The van der Waals surface area contributed by atoms with E-state index in [1.54, 1.807) is 49.1 Å². The predicted octanol–water partition coefficient (Wildman–Crippen LogP) is 5.38. The second-order valence-electron chi connectivity index (χ2n) is 9.53. The van der Waals surface area contributed by atoms with Crippen molar-refractivity contribution in [3.8, 4) is 11.4 Å². The molecule has 0 bridgehead atoms. The van der Waals surface area contributed by atoms with E-state index in [0.717, 1.165) is 49.0 Å². The molecule has 1 aromatic heterocycles. The molecule has 38 heavy (non-hydrogen) atoms. The van der Waals surface area contributed by atoms with E-state index in [-0.39, 0.29) is 11.5 Å². The second-order valence-corrected chi connectivity index (χ2v) is 9.97. The lowest BCUT2D eigenvalue weighted by molar-refractivity contribution is 0.0933. The van der Waals surface area contributed by atoms with Crippen molar-refractivity contribution in [2.45, 2.75) is 19.9 Å². The molecular formula is C30H31ClN4O3. The first-order valence-corrected chi connectivity index (χ1v) is 13.1. The van der Waals surface area contributed by atoms with E-state index in [1.807, 2.05) is 31.2 Å². The Hall–Kier alpha value is -3.97. The number of Topliss-reactive ketones (excluding diaryl/α,β-unsaturated/α-hetero) is 1. The molecule has 0 spiro atoms. The Morgan fingerprint density at radius 3 is 1.84 bits per heavy atom. The van der Waals surface area contributed by atoms with Crippen molar-refractivity contribution in [1.29, 1.82) is 0 Å². The van der Waals surface area contributed by atoms with Gasteiger partial charge in [0.05, 0.1) is 18.8 Å². The number of hydrogen-bond donors (Lipinski definition) is 0. The average Bonchev–Trinajstić information content (AvgIpc) is 3.26. The van der Waals surface area contributed by atoms with Gasteiger partial charge in [-0.25, -0.2) is 4.79 Å². The number of piperazine rings is 1. The highest BCUT2D eigenvalue weighted by Gasteiger charge is 2.22. The zero-order chi connectivity index (χ0) is 26.8. The topological polar surface area (TPSA) is 59.7 Å². The van der Waals surface area contributed by atoms with Crippen molar-refractivity contribution in [2.24, 2.45) is 0 Å². The fourth-order valence-electron chi connectivity index (χ4n) is 4.98. The number of hydrogen-bond acceptors (Lipinski definition) is 5. The number of benzene rings is 3. The summed E-state index contributed by atoms with van der Waals surface area (Å²) in [5, 5.41) is 0.566. The zero-order valence-electron chi connectivity index (χ0n) is 21.8. The van der Waals surface area contributed by atoms with E-state index in [1.165, 1.54) is 10.3 Å². The Bertz CT molecular complexity index is 1470. The molecule has 5 rings (SSSR count). The SMILES string of the molecule is COc1ccc(N2CCN(c3ccc(-n4c(C)cn(C(C)C(=O)c5ccc(Cl)cc5)c4=O)cc3)CC2)cc1. The molecule has 0 amide bonds. The number of rotatable bonds is 7. The normalized spacial score (nSPS) is 14.4. The van der Waals surface area contributed by atoms with E-state index < -0.39 is 6.04 Å². The number of imidazole rings is 1. The Labute approximate surface area is 227 Å². The van der Waals surface area contributed by atoms with Crippen LogP contribution in [0.25, 0.3) is 5.69 Å². The van der Waals surface area contributed by atoms with Crippen molar-refractivity contribution in [3.63, 3.8) is 0 Å². The van der Waals surface area contributed by atoms with Crippen LogP contribution in [0.5, 0.6) is 5.75 Å². The van der Waals surface area contributed by atoms with Gasteiger partial charge in [-0.2, -0.15) is 0 Å². The Morgan fingerprint density at radius 2 is 1.32 bits per heavy atom. The lowest BCUT2D eigenvalue weighted by Crippen LogP contribution is -2.46. The third-order valence-corrected chi connectivity index (χ3v) is 7.46. The minimum Gasteiger partial charge on any atom is -0.497 e. The van der Waals surface area contributed by atoms with E-state index in [2.05, 4.69) is 34.1 Å². The summed E-state index contributed by atoms with van der Waals surface area (Å²) in [6.45, 7) is 7.29. The fraction of sp³-hybridized carbons (Fsp3) is 0.267. The summed E-state index contributed by atoms with van der Waals surface area (Å²) in [5.41, 5.74) is 4.15. The summed E-state index contributed by atoms with van der Waals surface area (Å²) in [5.74, 6) is 0.727. The zero-order valence-corrected chi connectivity index (χ0v) is 22.6. The van der Waals surface area contributed by atoms with Crippen molar-refractivity contribution in [3.05, 3.63) is 106 Å². The number of nitrogens with zero attached hydrogens (tertiary/aromatic N) is 4. The van der Waals surface area contributed by atoms with Gasteiger partial charge in [0.25, 0.3) is 0 Å². The Balaban J connectivity index is 1.28. The number of halogens is 1. The quantitative estimate of drug-likeness (QED) is 0.300. The van der Waals surface area contributed by atoms with Crippen LogP contribution >= 0.6 is 11.6 Å². The first-order chi connectivity index (χ1) is 18.4. The van der Waals surface area contributed by atoms with Gasteiger partial charge in [-0.05, 0) is 86.6 Å². The molecule has 0 radical (unpaired) electrons. The highest BCUT2D eigenvalue weighted by atomic mass is 35.5. The van der Waals surface area contributed by atoms with Gasteiger partial charge in [-0.1, -0.05) is 11.6 Å². The third-order valence-electron chi connectivity index (χ3n) is 7.21. The molecule has 0 saturated carbocycles. The molecule has 1 unspecified atom stereocenters. The number of anilines is 2. The molecule has 1 fully saturated rings. The predicted molar refractivity (Wildman–Crippen MR) is 153 cm³/mol. The number of methoxy groups -OCH3 is 1. The molecule has 1 aliphatic heterocycles. The van der Waals surface area contributed by atoms with E-state index in [0.29, 0.717) is 10.6 Å². The number of carbonyl (C=O) groups excluding carboxylic acids is 1. The number of carbonyl (C=O) groups is 1. The largest absolute Gasteiger partial charge is 0.497 e. The number of aromatic nitrogens is 2. The standard InChI is InChI=1S/C30H31ClN4O3/c1-21-20-34(22(2)29(36)23-4-6-24(31)7-5-23)30(37)35(21)27-10-8-25(9-11-27)32-16-18-33(19-17-32)26-12-14-28(38-3)15-13-26/h4-15,20,22H,16-19H2,1-3H3. The van der Waals surface area contributed by atoms with Crippen LogP contribution in [0.2, 0.25) is 5.02 Å². The Morgan fingerprint density at radius 1 is 0.816 bits per heavy atom. The molecule has 0 aliphatic carbocycles. The number of aryl methyl sites for hydroxylation is 1.